The second-order valence-electron chi connectivity index (χ2n) is 6.02. The molecule has 3 aromatic rings. The predicted molar refractivity (Wildman–Crippen MR) is 108 cm³/mol. The highest BCUT2D eigenvalue weighted by Gasteiger charge is 2.17. The standard InChI is InChI=1S/C20H17ClN2O3S/c1-2-12-7-13-8-17-18(26-11-25-17)9-16(13)23-20(12)27-10-19(24)22-15-6-4-3-5-14(15)21/h3-9H,2,10-11H2,1H3,(H,22,24). The second kappa shape index (κ2) is 7.66. The predicted octanol–water partition coefficient (Wildman–Crippen LogP) is 4.91. The molecule has 1 aromatic heterocycles. The summed E-state index contributed by atoms with van der Waals surface area (Å²) in [6, 6.07) is 13.1. The minimum Gasteiger partial charge on any atom is -0.454 e. The molecule has 0 unspecified atom stereocenters. The molecule has 4 rings (SSSR count). The van der Waals surface area contributed by atoms with Gasteiger partial charge in [0.15, 0.2) is 11.5 Å². The number of amides is 1. The molecule has 0 bridgehead atoms. The number of aryl methyl sites for hydroxylation is 1. The number of nitrogens with zero attached hydrogens (tertiary/aromatic N) is 1. The fourth-order valence-electron chi connectivity index (χ4n) is 2.85. The first-order valence-corrected chi connectivity index (χ1v) is 9.91. The Hall–Kier alpha value is -2.44. The van der Waals surface area contributed by atoms with Gasteiger partial charge in [-0.15, -0.1) is 0 Å². The molecule has 0 saturated heterocycles. The summed E-state index contributed by atoms with van der Waals surface area (Å²) in [5, 5.41) is 5.20. The first-order chi connectivity index (χ1) is 13.1. The largest absolute Gasteiger partial charge is 0.454 e. The zero-order chi connectivity index (χ0) is 18.8. The summed E-state index contributed by atoms with van der Waals surface area (Å²) in [7, 11) is 0. The molecule has 0 saturated carbocycles. The van der Waals surface area contributed by atoms with E-state index in [-0.39, 0.29) is 18.5 Å². The maximum absolute atomic E-state index is 12.3. The molecule has 0 aliphatic carbocycles. The molecule has 0 fully saturated rings. The number of carbonyl (C=O) groups is 1. The number of ether oxygens (including phenoxy) is 2. The summed E-state index contributed by atoms with van der Waals surface area (Å²) < 4.78 is 10.9. The van der Waals surface area contributed by atoms with Crippen LogP contribution < -0.4 is 14.8 Å². The highest BCUT2D eigenvalue weighted by molar-refractivity contribution is 8.00. The van der Waals surface area contributed by atoms with Crippen LogP contribution >= 0.6 is 23.4 Å². The monoisotopic (exact) mass is 400 g/mol. The number of rotatable bonds is 5. The summed E-state index contributed by atoms with van der Waals surface area (Å²) >= 11 is 7.50. The average molecular weight is 401 g/mol. The number of halogens is 1. The minimum absolute atomic E-state index is 0.122. The van der Waals surface area contributed by atoms with Crippen molar-refractivity contribution in [2.45, 2.75) is 18.4 Å². The van der Waals surface area contributed by atoms with E-state index in [0.29, 0.717) is 16.5 Å². The zero-order valence-electron chi connectivity index (χ0n) is 14.6. The van der Waals surface area contributed by atoms with Gasteiger partial charge in [-0.3, -0.25) is 4.79 Å². The van der Waals surface area contributed by atoms with Gasteiger partial charge in [-0.2, -0.15) is 0 Å². The maximum atomic E-state index is 12.3. The lowest BCUT2D eigenvalue weighted by molar-refractivity contribution is -0.113. The van der Waals surface area contributed by atoms with Crippen LogP contribution in [-0.4, -0.2) is 23.4 Å². The van der Waals surface area contributed by atoms with Crippen molar-refractivity contribution in [3.8, 4) is 11.5 Å². The summed E-state index contributed by atoms with van der Waals surface area (Å²) in [5.74, 6) is 1.57. The van der Waals surface area contributed by atoms with Crippen LogP contribution in [0.5, 0.6) is 11.5 Å². The molecule has 138 valence electrons. The van der Waals surface area contributed by atoms with E-state index in [0.717, 1.165) is 33.7 Å². The number of para-hydroxylation sites is 1. The Kier molecular flexibility index (Phi) is 5.09. The normalized spacial score (nSPS) is 12.4. The fraction of sp³-hybridized carbons (Fsp3) is 0.200. The van der Waals surface area contributed by atoms with E-state index in [1.54, 1.807) is 12.1 Å². The Bertz CT molecular complexity index is 1030. The fourth-order valence-corrected chi connectivity index (χ4v) is 3.93. The summed E-state index contributed by atoms with van der Waals surface area (Å²) in [4.78, 5) is 17.0. The number of aromatic nitrogens is 1. The molecule has 2 aromatic carbocycles. The highest BCUT2D eigenvalue weighted by Crippen LogP contribution is 2.37. The Morgan fingerprint density at radius 3 is 2.78 bits per heavy atom. The van der Waals surface area contributed by atoms with Gasteiger partial charge in [0, 0.05) is 11.5 Å². The van der Waals surface area contributed by atoms with E-state index in [2.05, 4.69) is 18.3 Å². The summed E-state index contributed by atoms with van der Waals surface area (Å²) in [6.45, 7) is 2.31. The lowest BCUT2D eigenvalue weighted by atomic mass is 10.1. The molecule has 0 atom stereocenters. The van der Waals surface area contributed by atoms with Gasteiger partial charge in [-0.1, -0.05) is 42.4 Å². The number of pyridine rings is 1. The van der Waals surface area contributed by atoms with Crippen molar-refractivity contribution in [2.75, 3.05) is 17.9 Å². The molecule has 7 heteroatoms. The maximum Gasteiger partial charge on any atom is 0.234 e. The topological polar surface area (TPSA) is 60.5 Å². The van der Waals surface area contributed by atoms with Crippen LogP contribution in [0.2, 0.25) is 5.02 Å². The molecule has 1 N–H and O–H groups in total. The molecular weight excluding hydrogens is 384 g/mol. The van der Waals surface area contributed by atoms with Crippen molar-refractivity contribution in [1.29, 1.82) is 0 Å². The van der Waals surface area contributed by atoms with E-state index in [1.807, 2.05) is 24.3 Å². The van der Waals surface area contributed by atoms with Gasteiger partial charge < -0.3 is 14.8 Å². The Morgan fingerprint density at radius 1 is 1.22 bits per heavy atom. The number of hydrogen-bond acceptors (Lipinski definition) is 5. The first-order valence-electron chi connectivity index (χ1n) is 8.54. The van der Waals surface area contributed by atoms with Crippen LogP contribution in [0.25, 0.3) is 10.9 Å². The average Bonchev–Trinajstić information content (AvgIpc) is 3.12. The Morgan fingerprint density at radius 2 is 2.00 bits per heavy atom. The molecule has 1 aliphatic rings. The molecule has 0 radical (unpaired) electrons. The van der Waals surface area contributed by atoms with Crippen LogP contribution in [0.1, 0.15) is 12.5 Å². The number of carbonyl (C=O) groups excluding carboxylic acids is 1. The van der Waals surface area contributed by atoms with Crippen LogP contribution in [0.15, 0.2) is 47.5 Å². The van der Waals surface area contributed by atoms with E-state index < -0.39 is 0 Å². The number of thioether (sulfide) groups is 1. The van der Waals surface area contributed by atoms with Gasteiger partial charge in [0.25, 0.3) is 0 Å². The van der Waals surface area contributed by atoms with Crippen LogP contribution in [0.3, 0.4) is 0 Å². The minimum atomic E-state index is -0.122. The van der Waals surface area contributed by atoms with Crippen LogP contribution in [-0.2, 0) is 11.2 Å². The van der Waals surface area contributed by atoms with Crippen molar-refractivity contribution >= 4 is 45.9 Å². The van der Waals surface area contributed by atoms with E-state index in [4.69, 9.17) is 26.1 Å². The SMILES string of the molecule is CCc1cc2cc3c(cc2nc1SCC(=O)Nc1ccccc1Cl)OCO3. The lowest BCUT2D eigenvalue weighted by Crippen LogP contribution is -2.14. The van der Waals surface area contributed by atoms with Crippen molar-refractivity contribution in [3.05, 3.63) is 53.1 Å². The third-order valence-corrected chi connectivity index (χ3v) is 5.58. The van der Waals surface area contributed by atoms with E-state index in [1.165, 1.54) is 11.8 Å². The number of fused-ring (bicyclic) bond motifs is 2. The van der Waals surface area contributed by atoms with Gasteiger partial charge in [-0.05, 0) is 36.2 Å². The smallest absolute Gasteiger partial charge is 0.234 e. The summed E-state index contributed by atoms with van der Waals surface area (Å²) in [5.41, 5.74) is 2.53. The van der Waals surface area contributed by atoms with Gasteiger partial charge in [-0.25, -0.2) is 4.98 Å². The van der Waals surface area contributed by atoms with Crippen molar-refractivity contribution in [2.24, 2.45) is 0 Å². The zero-order valence-corrected chi connectivity index (χ0v) is 16.2. The molecule has 27 heavy (non-hydrogen) atoms. The van der Waals surface area contributed by atoms with Gasteiger partial charge in [0.2, 0.25) is 12.7 Å². The van der Waals surface area contributed by atoms with E-state index >= 15 is 0 Å². The third kappa shape index (κ3) is 3.82. The Balaban J connectivity index is 1.53. The molecule has 5 nitrogen and oxygen atoms in total. The quantitative estimate of drug-likeness (QED) is 0.616. The van der Waals surface area contributed by atoms with Gasteiger partial charge >= 0.3 is 0 Å². The molecule has 1 amide bonds. The number of anilines is 1. The van der Waals surface area contributed by atoms with Gasteiger partial charge in [0.05, 0.1) is 22.0 Å². The number of benzene rings is 2. The summed E-state index contributed by atoms with van der Waals surface area (Å²) in [6.07, 6.45) is 0.825. The molecule has 2 heterocycles. The van der Waals surface area contributed by atoms with Crippen LogP contribution in [0.4, 0.5) is 5.69 Å². The van der Waals surface area contributed by atoms with Crippen molar-refractivity contribution < 1.29 is 14.3 Å². The second-order valence-corrected chi connectivity index (χ2v) is 7.39. The van der Waals surface area contributed by atoms with E-state index in [9.17, 15) is 4.79 Å². The lowest BCUT2D eigenvalue weighted by Gasteiger charge is -2.10. The third-order valence-electron chi connectivity index (χ3n) is 4.22. The molecular formula is C20H17ClN2O3S. The number of nitrogens with one attached hydrogen (secondary N) is 1. The molecule has 1 aliphatic heterocycles. The van der Waals surface area contributed by atoms with Crippen LogP contribution in [0, 0.1) is 0 Å². The first kappa shape index (κ1) is 17.9. The highest BCUT2D eigenvalue weighted by atomic mass is 35.5. The Labute approximate surface area is 166 Å². The number of hydrogen-bond donors (Lipinski definition) is 1. The van der Waals surface area contributed by atoms with Gasteiger partial charge in [0.1, 0.15) is 5.03 Å². The van der Waals surface area contributed by atoms with Crippen molar-refractivity contribution in [1.82, 2.24) is 4.98 Å². The molecule has 0 spiro atoms. The van der Waals surface area contributed by atoms with Crippen molar-refractivity contribution in [3.63, 3.8) is 0 Å².